The summed E-state index contributed by atoms with van der Waals surface area (Å²) in [6.07, 6.45) is 12.6. The first kappa shape index (κ1) is 21.2. The summed E-state index contributed by atoms with van der Waals surface area (Å²) < 4.78 is 5.05. The van der Waals surface area contributed by atoms with E-state index in [9.17, 15) is 4.79 Å². The van der Waals surface area contributed by atoms with E-state index in [0.29, 0.717) is 24.7 Å². The fourth-order valence-electron chi connectivity index (χ4n) is 4.38. The van der Waals surface area contributed by atoms with Crippen molar-refractivity contribution in [2.45, 2.75) is 58.3 Å². The van der Waals surface area contributed by atoms with Crippen LogP contribution in [0.25, 0.3) is 11.1 Å². The van der Waals surface area contributed by atoms with Gasteiger partial charge in [-0.05, 0) is 62.6 Å². The molecule has 1 amide bonds. The van der Waals surface area contributed by atoms with Crippen LogP contribution in [0.5, 0.6) is 0 Å². The van der Waals surface area contributed by atoms with Crippen molar-refractivity contribution < 1.29 is 9.32 Å². The number of aryl methyl sites for hydroxylation is 3. The second-order valence-corrected chi connectivity index (χ2v) is 8.41. The summed E-state index contributed by atoms with van der Waals surface area (Å²) >= 11 is 0. The largest absolute Gasteiger partial charge is 0.361 e. The van der Waals surface area contributed by atoms with Crippen molar-refractivity contribution in [1.82, 2.24) is 25.4 Å². The monoisotopic (exact) mass is 419 g/mol. The average Bonchev–Trinajstić information content (AvgIpc) is 3.31. The molecule has 1 N–H and O–H groups in total. The van der Waals surface area contributed by atoms with Gasteiger partial charge in [0.05, 0.1) is 11.9 Å². The highest BCUT2D eigenvalue weighted by Crippen LogP contribution is 2.39. The molecule has 0 unspecified atom stereocenters. The maximum Gasteiger partial charge on any atom is 0.220 e. The Hall–Kier alpha value is -3.09. The molecule has 3 heterocycles. The predicted octanol–water partition coefficient (Wildman–Crippen LogP) is 4.17. The lowest BCUT2D eigenvalue weighted by Crippen LogP contribution is -2.31. The highest BCUT2D eigenvalue weighted by molar-refractivity contribution is 5.76. The lowest BCUT2D eigenvalue weighted by Gasteiger charge is -2.29. The normalized spacial score (nSPS) is 18.6. The average molecular weight is 420 g/mol. The number of rotatable bonds is 7. The minimum absolute atomic E-state index is 0.0698. The summed E-state index contributed by atoms with van der Waals surface area (Å²) in [6, 6.07) is 3.85. The predicted molar refractivity (Wildman–Crippen MR) is 117 cm³/mol. The zero-order valence-corrected chi connectivity index (χ0v) is 18.2. The third kappa shape index (κ3) is 5.34. The molecule has 0 atom stereocenters. The summed E-state index contributed by atoms with van der Waals surface area (Å²) in [7, 11) is 0. The van der Waals surface area contributed by atoms with Gasteiger partial charge < -0.3 is 9.84 Å². The summed E-state index contributed by atoms with van der Waals surface area (Å²) in [6.45, 7) is 4.77. The first-order valence-electron chi connectivity index (χ1n) is 11.0. The quantitative estimate of drug-likeness (QED) is 0.618. The van der Waals surface area contributed by atoms with E-state index in [-0.39, 0.29) is 5.91 Å². The topological polar surface area (TPSA) is 93.8 Å². The summed E-state index contributed by atoms with van der Waals surface area (Å²) in [4.78, 5) is 25.7. The van der Waals surface area contributed by atoms with Crippen LogP contribution in [0, 0.1) is 19.8 Å². The molecule has 162 valence electrons. The Labute approximate surface area is 182 Å². The molecule has 4 rings (SSSR count). The van der Waals surface area contributed by atoms with Gasteiger partial charge in [0.2, 0.25) is 5.91 Å². The highest BCUT2D eigenvalue weighted by Gasteiger charge is 2.26. The van der Waals surface area contributed by atoms with Crippen molar-refractivity contribution in [2.24, 2.45) is 5.92 Å². The number of pyridine rings is 1. The van der Waals surface area contributed by atoms with Gasteiger partial charge in [0.15, 0.2) is 0 Å². The molecule has 0 aliphatic heterocycles. The second-order valence-electron chi connectivity index (χ2n) is 8.41. The maximum atomic E-state index is 12.1. The molecule has 1 fully saturated rings. The summed E-state index contributed by atoms with van der Waals surface area (Å²) in [5, 5.41) is 6.76. The molecular weight excluding hydrogens is 390 g/mol. The van der Waals surface area contributed by atoms with Crippen molar-refractivity contribution in [3.63, 3.8) is 0 Å². The van der Waals surface area contributed by atoms with Gasteiger partial charge in [-0.1, -0.05) is 5.16 Å². The lowest BCUT2D eigenvalue weighted by molar-refractivity contribution is -0.121. The van der Waals surface area contributed by atoms with Crippen molar-refractivity contribution in [3.05, 3.63) is 59.8 Å². The summed E-state index contributed by atoms with van der Waals surface area (Å²) in [5.41, 5.74) is 4.56. The van der Waals surface area contributed by atoms with E-state index in [1.165, 1.54) is 0 Å². The number of hydrogen-bond acceptors (Lipinski definition) is 6. The van der Waals surface area contributed by atoms with E-state index in [4.69, 9.17) is 9.51 Å². The molecule has 0 spiro atoms. The van der Waals surface area contributed by atoms with Crippen LogP contribution in [0.1, 0.15) is 60.9 Å². The Morgan fingerprint density at radius 3 is 2.68 bits per heavy atom. The van der Waals surface area contributed by atoms with Gasteiger partial charge in [-0.25, -0.2) is 9.97 Å². The summed E-state index contributed by atoms with van der Waals surface area (Å²) in [5.74, 6) is 2.56. The van der Waals surface area contributed by atoms with Crippen LogP contribution in [0.4, 0.5) is 0 Å². The SMILES string of the molecule is Cc1ncc(-c2ccncc2C)c(C2CCC(CNC(=O)CCc3ccno3)CC2)n1. The molecule has 3 aromatic rings. The van der Waals surface area contributed by atoms with Gasteiger partial charge in [-0.15, -0.1) is 0 Å². The molecule has 1 saturated carbocycles. The zero-order chi connectivity index (χ0) is 21.6. The molecule has 7 nitrogen and oxygen atoms in total. The molecule has 1 aliphatic rings. The Morgan fingerprint density at radius 1 is 1.10 bits per heavy atom. The van der Waals surface area contributed by atoms with E-state index in [2.05, 4.69) is 27.4 Å². The van der Waals surface area contributed by atoms with E-state index < -0.39 is 0 Å². The third-order valence-electron chi connectivity index (χ3n) is 6.16. The molecule has 7 heteroatoms. The second kappa shape index (κ2) is 9.81. The number of carbonyl (C=O) groups is 1. The van der Waals surface area contributed by atoms with E-state index in [1.807, 2.05) is 31.6 Å². The van der Waals surface area contributed by atoms with Crippen LogP contribution < -0.4 is 5.32 Å². The van der Waals surface area contributed by atoms with E-state index >= 15 is 0 Å². The Morgan fingerprint density at radius 2 is 1.94 bits per heavy atom. The molecular formula is C24H29N5O2. The minimum atomic E-state index is 0.0698. The molecule has 31 heavy (non-hydrogen) atoms. The zero-order valence-electron chi connectivity index (χ0n) is 18.2. The van der Waals surface area contributed by atoms with Crippen LogP contribution >= 0.6 is 0 Å². The maximum absolute atomic E-state index is 12.1. The molecule has 0 aromatic carbocycles. The Balaban J connectivity index is 1.33. The number of nitrogens with one attached hydrogen (secondary N) is 1. The lowest BCUT2D eigenvalue weighted by atomic mass is 9.78. The molecule has 0 bridgehead atoms. The number of amides is 1. The van der Waals surface area contributed by atoms with Gasteiger partial charge in [-0.2, -0.15) is 0 Å². The van der Waals surface area contributed by atoms with Crippen LogP contribution in [-0.4, -0.2) is 32.6 Å². The highest BCUT2D eigenvalue weighted by atomic mass is 16.5. The van der Waals surface area contributed by atoms with E-state index in [1.54, 1.807) is 12.3 Å². The van der Waals surface area contributed by atoms with Gasteiger partial charge in [0.25, 0.3) is 0 Å². The number of carbonyl (C=O) groups excluding carboxylic acids is 1. The molecule has 1 aliphatic carbocycles. The van der Waals surface area contributed by atoms with Crippen molar-refractivity contribution >= 4 is 5.91 Å². The third-order valence-corrected chi connectivity index (χ3v) is 6.16. The Kier molecular flexibility index (Phi) is 6.70. The Bertz CT molecular complexity index is 1010. The smallest absolute Gasteiger partial charge is 0.220 e. The van der Waals surface area contributed by atoms with Crippen molar-refractivity contribution in [1.29, 1.82) is 0 Å². The number of aromatic nitrogens is 4. The standard InChI is InChI=1S/C24H29N5O2/c1-16-13-25-11-10-21(16)22-15-26-17(2)29-24(22)19-5-3-18(4-6-19)14-27-23(30)8-7-20-9-12-28-31-20/h9-13,15,18-19H,3-8,14H2,1-2H3,(H,27,30). The van der Waals surface area contributed by atoms with E-state index in [0.717, 1.165) is 66.2 Å². The van der Waals surface area contributed by atoms with Crippen molar-refractivity contribution in [2.75, 3.05) is 6.54 Å². The first-order chi connectivity index (χ1) is 15.1. The van der Waals surface area contributed by atoms with Crippen molar-refractivity contribution in [3.8, 4) is 11.1 Å². The van der Waals surface area contributed by atoms with Crippen LogP contribution in [-0.2, 0) is 11.2 Å². The molecule has 0 saturated heterocycles. The fourth-order valence-corrected chi connectivity index (χ4v) is 4.38. The van der Waals surface area contributed by atoms with Crippen LogP contribution in [0.3, 0.4) is 0 Å². The first-order valence-corrected chi connectivity index (χ1v) is 11.0. The fraction of sp³-hybridized carbons (Fsp3) is 0.458. The van der Waals surface area contributed by atoms with Gasteiger partial charge in [-0.3, -0.25) is 9.78 Å². The van der Waals surface area contributed by atoms with Crippen LogP contribution in [0.15, 0.2) is 41.4 Å². The minimum Gasteiger partial charge on any atom is -0.361 e. The number of hydrogen-bond donors (Lipinski definition) is 1. The van der Waals surface area contributed by atoms with Gasteiger partial charge >= 0.3 is 0 Å². The van der Waals surface area contributed by atoms with Crippen LogP contribution in [0.2, 0.25) is 0 Å². The number of nitrogens with zero attached hydrogens (tertiary/aromatic N) is 4. The van der Waals surface area contributed by atoms with Gasteiger partial charge in [0, 0.05) is 55.5 Å². The van der Waals surface area contributed by atoms with Gasteiger partial charge in [0.1, 0.15) is 11.6 Å². The molecule has 0 radical (unpaired) electrons. The molecule has 3 aromatic heterocycles.